The summed E-state index contributed by atoms with van der Waals surface area (Å²) in [6.45, 7) is 4.72. The zero-order valence-corrected chi connectivity index (χ0v) is 13.3. The van der Waals surface area contributed by atoms with Crippen molar-refractivity contribution in [1.29, 1.82) is 0 Å². The number of rotatable bonds is 6. The Bertz CT molecular complexity index is 653. The summed E-state index contributed by atoms with van der Waals surface area (Å²) >= 11 is 0. The fraction of sp³-hybridized carbons (Fsp3) is 0.278. The average Bonchev–Trinajstić information content (AvgIpc) is 2.54. The Morgan fingerprint density at radius 3 is 2.68 bits per heavy atom. The zero-order chi connectivity index (χ0) is 15.9. The lowest BCUT2D eigenvalue weighted by molar-refractivity contribution is 0.0953. The SMILES string of the molecule is CCCNC(=O)c1ccc(Nc2cccc(OC)c2)c(C)c1. The maximum absolute atomic E-state index is 12.0. The summed E-state index contributed by atoms with van der Waals surface area (Å²) < 4.78 is 5.22. The molecule has 2 rings (SSSR count). The molecule has 0 heterocycles. The van der Waals surface area contributed by atoms with Gasteiger partial charge in [-0.3, -0.25) is 4.79 Å². The van der Waals surface area contributed by atoms with Crippen LogP contribution in [0.15, 0.2) is 42.5 Å². The molecule has 0 bridgehead atoms. The number of aryl methyl sites for hydroxylation is 1. The van der Waals surface area contributed by atoms with Gasteiger partial charge in [-0.15, -0.1) is 0 Å². The van der Waals surface area contributed by atoms with Crippen molar-refractivity contribution in [3.05, 3.63) is 53.6 Å². The standard InChI is InChI=1S/C18H22N2O2/c1-4-10-19-18(21)14-8-9-17(13(2)11-14)20-15-6-5-7-16(12-15)22-3/h5-9,11-12,20H,4,10H2,1-3H3,(H,19,21). The van der Waals surface area contributed by atoms with Gasteiger partial charge in [-0.25, -0.2) is 0 Å². The predicted molar refractivity (Wildman–Crippen MR) is 90.1 cm³/mol. The summed E-state index contributed by atoms with van der Waals surface area (Å²) in [5, 5.41) is 6.23. The van der Waals surface area contributed by atoms with E-state index in [0.29, 0.717) is 12.1 Å². The maximum Gasteiger partial charge on any atom is 0.251 e. The second-order valence-electron chi connectivity index (χ2n) is 5.14. The van der Waals surface area contributed by atoms with Crippen molar-refractivity contribution in [2.45, 2.75) is 20.3 Å². The molecule has 0 unspecified atom stereocenters. The number of benzene rings is 2. The predicted octanol–water partition coefficient (Wildman–Crippen LogP) is 3.89. The molecule has 4 heteroatoms. The molecule has 1 amide bonds. The molecule has 0 radical (unpaired) electrons. The van der Waals surface area contributed by atoms with Crippen molar-refractivity contribution < 1.29 is 9.53 Å². The highest BCUT2D eigenvalue weighted by Gasteiger charge is 2.07. The summed E-state index contributed by atoms with van der Waals surface area (Å²) in [6, 6.07) is 13.4. The van der Waals surface area contributed by atoms with E-state index in [2.05, 4.69) is 10.6 Å². The number of carbonyl (C=O) groups is 1. The summed E-state index contributed by atoms with van der Waals surface area (Å²) in [5.41, 5.74) is 3.63. The van der Waals surface area contributed by atoms with Gasteiger partial charge in [0.2, 0.25) is 0 Å². The molecule has 2 N–H and O–H groups in total. The van der Waals surface area contributed by atoms with E-state index in [4.69, 9.17) is 4.74 Å². The van der Waals surface area contributed by atoms with Crippen LogP contribution in [-0.2, 0) is 0 Å². The van der Waals surface area contributed by atoms with Crippen LogP contribution < -0.4 is 15.4 Å². The highest BCUT2D eigenvalue weighted by molar-refractivity contribution is 5.95. The van der Waals surface area contributed by atoms with Gasteiger partial charge in [0.05, 0.1) is 7.11 Å². The number of carbonyl (C=O) groups excluding carboxylic acids is 1. The molecule has 2 aromatic rings. The van der Waals surface area contributed by atoms with Crippen molar-refractivity contribution in [1.82, 2.24) is 5.32 Å². The second-order valence-corrected chi connectivity index (χ2v) is 5.14. The van der Waals surface area contributed by atoms with Gasteiger partial charge in [0.15, 0.2) is 0 Å². The van der Waals surface area contributed by atoms with Crippen molar-refractivity contribution in [2.24, 2.45) is 0 Å². The lowest BCUT2D eigenvalue weighted by atomic mass is 10.1. The summed E-state index contributed by atoms with van der Waals surface area (Å²) in [7, 11) is 1.65. The van der Waals surface area contributed by atoms with Gasteiger partial charge in [0, 0.05) is 29.5 Å². The minimum atomic E-state index is -0.0297. The van der Waals surface area contributed by atoms with E-state index >= 15 is 0 Å². The van der Waals surface area contributed by atoms with Crippen molar-refractivity contribution in [2.75, 3.05) is 19.0 Å². The number of methoxy groups -OCH3 is 1. The molecule has 116 valence electrons. The van der Waals surface area contributed by atoms with E-state index in [-0.39, 0.29) is 5.91 Å². The first-order valence-electron chi connectivity index (χ1n) is 7.44. The highest BCUT2D eigenvalue weighted by atomic mass is 16.5. The Kier molecular flexibility index (Phi) is 5.42. The third kappa shape index (κ3) is 4.01. The number of amides is 1. The Balaban J connectivity index is 2.14. The molecule has 22 heavy (non-hydrogen) atoms. The normalized spacial score (nSPS) is 10.1. The molecule has 0 spiro atoms. The molecule has 0 aromatic heterocycles. The molecule has 0 aliphatic rings. The van der Waals surface area contributed by atoms with Crippen LogP contribution in [0.25, 0.3) is 0 Å². The number of hydrogen-bond donors (Lipinski definition) is 2. The van der Waals surface area contributed by atoms with Gasteiger partial charge in [0.1, 0.15) is 5.75 Å². The first kappa shape index (κ1) is 15.9. The lowest BCUT2D eigenvalue weighted by Crippen LogP contribution is -2.24. The van der Waals surface area contributed by atoms with Crippen molar-refractivity contribution in [3.63, 3.8) is 0 Å². The largest absolute Gasteiger partial charge is 0.497 e. The third-order valence-corrected chi connectivity index (χ3v) is 3.37. The van der Waals surface area contributed by atoms with Crippen LogP contribution in [0.1, 0.15) is 29.3 Å². The summed E-state index contributed by atoms with van der Waals surface area (Å²) in [4.78, 5) is 12.0. The van der Waals surface area contributed by atoms with Gasteiger partial charge in [-0.1, -0.05) is 13.0 Å². The van der Waals surface area contributed by atoms with E-state index in [1.54, 1.807) is 7.11 Å². The molecule has 0 atom stereocenters. The average molecular weight is 298 g/mol. The Morgan fingerprint density at radius 1 is 1.18 bits per heavy atom. The molecule has 0 saturated carbocycles. The highest BCUT2D eigenvalue weighted by Crippen LogP contribution is 2.24. The maximum atomic E-state index is 12.0. The minimum absolute atomic E-state index is 0.0297. The van der Waals surface area contributed by atoms with Gasteiger partial charge >= 0.3 is 0 Å². The smallest absolute Gasteiger partial charge is 0.251 e. The Morgan fingerprint density at radius 2 is 2.00 bits per heavy atom. The molecule has 4 nitrogen and oxygen atoms in total. The first-order valence-corrected chi connectivity index (χ1v) is 7.44. The van der Waals surface area contributed by atoms with E-state index in [1.165, 1.54) is 0 Å². The van der Waals surface area contributed by atoms with Crippen molar-refractivity contribution in [3.8, 4) is 5.75 Å². The monoisotopic (exact) mass is 298 g/mol. The number of anilines is 2. The second kappa shape index (κ2) is 7.50. The van der Waals surface area contributed by atoms with Crippen LogP contribution in [0, 0.1) is 6.92 Å². The Labute approximate surface area is 131 Å². The number of ether oxygens (including phenoxy) is 1. The van der Waals surface area contributed by atoms with Crippen LogP contribution in [0.5, 0.6) is 5.75 Å². The fourth-order valence-corrected chi connectivity index (χ4v) is 2.14. The molecule has 0 aliphatic heterocycles. The van der Waals surface area contributed by atoms with Crippen LogP contribution in [0.4, 0.5) is 11.4 Å². The Hall–Kier alpha value is -2.49. The van der Waals surface area contributed by atoms with Gasteiger partial charge in [-0.2, -0.15) is 0 Å². The van der Waals surface area contributed by atoms with Gasteiger partial charge in [-0.05, 0) is 49.2 Å². The van der Waals surface area contributed by atoms with E-state index < -0.39 is 0 Å². The van der Waals surface area contributed by atoms with Gasteiger partial charge < -0.3 is 15.4 Å². The van der Waals surface area contributed by atoms with Crippen LogP contribution in [-0.4, -0.2) is 19.6 Å². The quantitative estimate of drug-likeness (QED) is 0.850. The van der Waals surface area contributed by atoms with Crippen LogP contribution in [0.2, 0.25) is 0 Å². The molecular weight excluding hydrogens is 276 g/mol. The summed E-state index contributed by atoms with van der Waals surface area (Å²) in [5.74, 6) is 0.774. The fourth-order valence-electron chi connectivity index (χ4n) is 2.14. The molecule has 0 aliphatic carbocycles. The van der Waals surface area contributed by atoms with Gasteiger partial charge in [0.25, 0.3) is 5.91 Å². The van der Waals surface area contributed by atoms with Crippen LogP contribution in [0.3, 0.4) is 0 Å². The molecule has 2 aromatic carbocycles. The zero-order valence-electron chi connectivity index (χ0n) is 13.3. The van der Waals surface area contributed by atoms with E-state index in [9.17, 15) is 4.79 Å². The molecular formula is C18H22N2O2. The number of nitrogens with one attached hydrogen (secondary N) is 2. The molecule has 0 fully saturated rings. The van der Waals surface area contributed by atoms with Crippen LogP contribution >= 0.6 is 0 Å². The molecule has 0 saturated heterocycles. The minimum Gasteiger partial charge on any atom is -0.497 e. The first-order chi connectivity index (χ1) is 10.6. The third-order valence-electron chi connectivity index (χ3n) is 3.37. The van der Waals surface area contributed by atoms with E-state index in [1.807, 2.05) is 56.3 Å². The number of hydrogen-bond acceptors (Lipinski definition) is 3. The van der Waals surface area contributed by atoms with E-state index in [0.717, 1.165) is 29.1 Å². The topological polar surface area (TPSA) is 50.4 Å². The van der Waals surface area contributed by atoms with Crippen molar-refractivity contribution >= 4 is 17.3 Å². The summed E-state index contributed by atoms with van der Waals surface area (Å²) in [6.07, 6.45) is 0.931. The lowest BCUT2D eigenvalue weighted by Gasteiger charge is -2.12.